The Morgan fingerprint density at radius 1 is 1.62 bits per heavy atom. The largest absolute Gasteiger partial charge is 0.256 e. The summed E-state index contributed by atoms with van der Waals surface area (Å²) in [6, 6.07) is 0. The highest BCUT2D eigenvalue weighted by atomic mass is 79.9. The normalized spacial score (nSPS) is 13.5. The van der Waals surface area contributed by atoms with Gasteiger partial charge in [0.1, 0.15) is 0 Å². The standard InChI is InChI=1S/C9H15BrN2S/c1-7(2)8(6-12-10)5-9-11-3-4-13-9/h3-4,7-8,12H,5-6H2,1-2H3/t8-/m0/s1. The van der Waals surface area contributed by atoms with Gasteiger partial charge in [-0.05, 0) is 11.8 Å². The van der Waals surface area contributed by atoms with E-state index in [1.54, 1.807) is 11.3 Å². The quantitative estimate of drug-likeness (QED) is 0.826. The highest BCUT2D eigenvalue weighted by Gasteiger charge is 2.14. The van der Waals surface area contributed by atoms with Crippen LogP contribution in [-0.4, -0.2) is 11.5 Å². The van der Waals surface area contributed by atoms with Gasteiger partial charge in [-0.1, -0.05) is 13.8 Å². The van der Waals surface area contributed by atoms with Crippen molar-refractivity contribution < 1.29 is 0 Å². The third kappa shape index (κ3) is 3.75. The summed E-state index contributed by atoms with van der Waals surface area (Å²) in [5, 5.41) is 3.27. The Balaban J connectivity index is 2.47. The van der Waals surface area contributed by atoms with E-state index in [1.165, 1.54) is 5.01 Å². The molecule has 1 aromatic rings. The molecule has 0 spiro atoms. The van der Waals surface area contributed by atoms with Crippen LogP contribution in [0.3, 0.4) is 0 Å². The van der Waals surface area contributed by atoms with Gasteiger partial charge in [0.05, 0.1) is 5.01 Å². The number of nitrogens with zero attached hydrogens (tertiary/aromatic N) is 1. The number of thiazole rings is 1. The van der Waals surface area contributed by atoms with E-state index in [-0.39, 0.29) is 0 Å². The molecular formula is C9H15BrN2S. The summed E-state index contributed by atoms with van der Waals surface area (Å²) in [7, 11) is 0. The molecule has 1 N–H and O–H groups in total. The Hall–Kier alpha value is 0.0700. The molecule has 0 amide bonds. The predicted octanol–water partition coefficient (Wildman–Crippen LogP) is 2.86. The van der Waals surface area contributed by atoms with E-state index < -0.39 is 0 Å². The van der Waals surface area contributed by atoms with Gasteiger partial charge >= 0.3 is 0 Å². The lowest BCUT2D eigenvalue weighted by Gasteiger charge is -2.18. The van der Waals surface area contributed by atoms with Gasteiger partial charge in [-0.2, -0.15) is 0 Å². The van der Waals surface area contributed by atoms with Gasteiger partial charge in [-0.25, -0.2) is 4.98 Å². The molecule has 0 saturated carbocycles. The average Bonchev–Trinajstić information content (AvgIpc) is 2.56. The van der Waals surface area contributed by atoms with Crippen LogP contribution in [0.2, 0.25) is 0 Å². The third-order valence-corrected chi connectivity index (χ3v) is 3.33. The van der Waals surface area contributed by atoms with Crippen molar-refractivity contribution in [2.24, 2.45) is 11.8 Å². The van der Waals surface area contributed by atoms with Crippen LogP contribution >= 0.6 is 27.5 Å². The Morgan fingerprint density at radius 2 is 2.38 bits per heavy atom. The predicted molar refractivity (Wildman–Crippen MR) is 61.1 cm³/mol. The molecule has 1 atom stereocenters. The first-order valence-corrected chi connectivity index (χ1v) is 6.13. The molecule has 0 aliphatic carbocycles. The Morgan fingerprint density at radius 3 is 2.85 bits per heavy atom. The van der Waals surface area contributed by atoms with Gasteiger partial charge in [0, 0.05) is 40.7 Å². The second kappa shape index (κ2) is 5.73. The van der Waals surface area contributed by atoms with Gasteiger partial charge in [0.15, 0.2) is 0 Å². The third-order valence-electron chi connectivity index (χ3n) is 2.20. The maximum absolute atomic E-state index is 4.30. The summed E-state index contributed by atoms with van der Waals surface area (Å²) in [6.45, 7) is 5.50. The van der Waals surface area contributed by atoms with Crippen molar-refractivity contribution in [1.29, 1.82) is 0 Å². The zero-order chi connectivity index (χ0) is 9.68. The number of nitrogens with one attached hydrogen (secondary N) is 1. The van der Waals surface area contributed by atoms with E-state index in [2.05, 4.69) is 39.3 Å². The fourth-order valence-corrected chi connectivity index (χ4v) is 2.35. The Bertz CT molecular complexity index is 224. The van der Waals surface area contributed by atoms with Crippen molar-refractivity contribution in [2.75, 3.05) is 6.54 Å². The van der Waals surface area contributed by atoms with Crippen LogP contribution in [0.1, 0.15) is 18.9 Å². The molecule has 0 aliphatic rings. The van der Waals surface area contributed by atoms with E-state index in [0.29, 0.717) is 11.8 Å². The Kier molecular flexibility index (Phi) is 4.91. The number of halogens is 1. The lowest BCUT2D eigenvalue weighted by atomic mass is 9.93. The molecule has 1 heterocycles. The molecule has 1 aromatic heterocycles. The van der Waals surface area contributed by atoms with Crippen molar-refractivity contribution in [3.05, 3.63) is 16.6 Å². The minimum atomic E-state index is 0.658. The van der Waals surface area contributed by atoms with Gasteiger partial charge in [0.2, 0.25) is 0 Å². The van der Waals surface area contributed by atoms with Gasteiger partial charge in [-0.15, -0.1) is 11.3 Å². The second-order valence-corrected chi connectivity index (χ2v) is 5.01. The molecule has 13 heavy (non-hydrogen) atoms. The lowest BCUT2D eigenvalue weighted by Crippen LogP contribution is -2.22. The van der Waals surface area contributed by atoms with Crippen LogP contribution in [0.5, 0.6) is 0 Å². The van der Waals surface area contributed by atoms with Crippen molar-refractivity contribution >= 4 is 27.5 Å². The number of rotatable bonds is 5. The molecule has 0 aromatic carbocycles. The fraction of sp³-hybridized carbons (Fsp3) is 0.667. The van der Waals surface area contributed by atoms with Gasteiger partial charge in [0.25, 0.3) is 0 Å². The van der Waals surface area contributed by atoms with E-state index in [1.807, 2.05) is 11.6 Å². The topological polar surface area (TPSA) is 24.9 Å². The lowest BCUT2D eigenvalue weighted by molar-refractivity contribution is 0.384. The zero-order valence-corrected chi connectivity index (χ0v) is 10.4. The van der Waals surface area contributed by atoms with E-state index >= 15 is 0 Å². The van der Waals surface area contributed by atoms with Gasteiger partial charge < -0.3 is 0 Å². The maximum Gasteiger partial charge on any atom is 0.0928 e. The summed E-state index contributed by atoms with van der Waals surface area (Å²) in [5.41, 5.74) is 0. The fourth-order valence-electron chi connectivity index (χ4n) is 1.22. The summed E-state index contributed by atoms with van der Waals surface area (Å²) >= 11 is 5.00. The summed E-state index contributed by atoms with van der Waals surface area (Å²) < 4.78 is 3.05. The van der Waals surface area contributed by atoms with Crippen molar-refractivity contribution in [3.63, 3.8) is 0 Å². The van der Waals surface area contributed by atoms with E-state index in [9.17, 15) is 0 Å². The van der Waals surface area contributed by atoms with Crippen LogP contribution in [0.15, 0.2) is 11.6 Å². The SMILES string of the molecule is CC(C)[C@H](CNBr)Cc1nccs1. The average molecular weight is 263 g/mol. The number of hydrogen-bond donors (Lipinski definition) is 1. The second-order valence-electron chi connectivity index (χ2n) is 3.47. The van der Waals surface area contributed by atoms with Crippen LogP contribution in [0.4, 0.5) is 0 Å². The van der Waals surface area contributed by atoms with E-state index in [0.717, 1.165) is 13.0 Å². The van der Waals surface area contributed by atoms with Crippen LogP contribution < -0.4 is 4.34 Å². The summed E-state index contributed by atoms with van der Waals surface area (Å²) in [6.07, 6.45) is 2.95. The first-order chi connectivity index (χ1) is 6.24. The molecule has 0 radical (unpaired) electrons. The molecule has 0 aliphatic heterocycles. The maximum atomic E-state index is 4.30. The summed E-state index contributed by atoms with van der Waals surface area (Å²) in [5.74, 6) is 1.35. The first-order valence-electron chi connectivity index (χ1n) is 4.46. The monoisotopic (exact) mass is 262 g/mol. The summed E-state index contributed by atoms with van der Waals surface area (Å²) in [4.78, 5) is 4.30. The van der Waals surface area contributed by atoms with Crippen LogP contribution in [-0.2, 0) is 6.42 Å². The van der Waals surface area contributed by atoms with Crippen molar-refractivity contribution in [3.8, 4) is 0 Å². The molecule has 4 heteroatoms. The van der Waals surface area contributed by atoms with Gasteiger partial charge in [-0.3, -0.25) is 4.34 Å². The van der Waals surface area contributed by atoms with Crippen molar-refractivity contribution in [1.82, 2.24) is 9.33 Å². The first kappa shape index (κ1) is 11.1. The van der Waals surface area contributed by atoms with Crippen molar-refractivity contribution in [2.45, 2.75) is 20.3 Å². The minimum Gasteiger partial charge on any atom is -0.256 e. The number of hydrogen-bond acceptors (Lipinski definition) is 3. The zero-order valence-electron chi connectivity index (χ0n) is 7.96. The molecular weight excluding hydrogens is 248 g/mol. The van der Waals surface area contributed by atoms with E-state index in [4.69, 9.17) is 0 Å². The highest BCUT2D eigenvalue weighted by Crippen LogP contribution is 2.18. The molecule has 1 rings (SSSR count). The van der Waals surface area contributed by atoms with Crippen LogP contribution in [0.25, 0.3) is 0 Å². The molecule has 0 fully saturated rings. The van der Waals surface area contributed by atoms with Crippen LogP contribution in [0, 0.1) is 11.8 Å². The Labute approximate surface area is 92.1 Å². The highest BCUT2D eigenvalue weighted by molar-refractivity contribution is 9.08. The number of aromatic nitrogens is 1. The molecule has 74 valence electrons. The molecule has 0 saturated heterocycles. The minimum absolute atomic E-state index is 0.658. The molecule has 0 bridgehead atoms. The molecule has 0 unspecified atom stereocenters. The molecule has 2 nitrogen and oxygen atoms in total. The smallest absolute Gasteiger partial charge is 0.0928 e.